The van der Waals surface area contributed by atoms with Crippen molar-refractivity contribution in [3.8, 4) is 0 Å². The maximum atomic E-state index is 13.8. The summed E-state index contributed by atoms with van der Waals surface area (Å²) in [5, 5.41) is 2.99. The number of rotatable bonds is 1. The summed E-state index contributed by atoms with van der Waals surface area (Å²) in [6.45, 7) is 1.18. The number of benzene rings is 1. The summed E-state index contributed by atoms with van der Waals surface area (Å²) in [6.07, 6.45) is 0.619. The van der Waals surface area contributed by atoms with Gasteiger partial charge in [-0.15, -0.1) is 0 Å². The standard InChI is InChI=1S/C14H14ClFN2O3/c15-9-1-2-10(11(16)5-9)13(20)18-4-3-14(8-18)7-17-12(19)6-21-14/h1-2,5H,3-4,6-8H2,(H,17,19). The molecule has 0 aromatic heterocycles. The van der Waals surface area contributed by atoms with E-state index in [1.54, 1.807) is 4.90 Å². The average molecular weight is 313 g/mol. The Kier molecular flexibility index (Phi) is 3.59. The number of hydrogen-bond donors (Lipinski definition) is 1. The van der Waals surface area contributed by atoms with E-state index < -0.39 is 11.4 Å². The molecular formula is C14H14ClFN2O3. The quantitative estimate of drug-likeness (QED) is 0.848. The Hall–Kier alpha value is -1.66. The van der Waals surface area contributed by atoms with Crippen molar-refractivity contribution >= 4 is 23.4 Å². The van der Waals surface area contributed by atoms with Crippen LogP contribution in [0.2, 0.25) is 5.02 Å². The van der Waals surface area contributed by atoms with E-state index in [0.717, 1.165) is 6.07 Å². The Labute approximate surface area is 126 Å². The number of morpholine rings is 1. The lowest BCUT2D eigenvalue weighted by Gasteiger charge is -2.33. The first kappa shape index (κ1) is 14.3. The predicted octanol–water partition coefficient (Wildman–Crippen LogP) is 1.21. The highest BCUT2D eigenvalue weighted by molar-refractivity contribution is 6.30. The topological polar surface area (TPSA) is 58.6 Å². The van der Waals surface area contributed by atoms with Crippen LogP contribution in [0, 0.1) is 5.82 Å². The molecular weight excluding hydrogens is 299 g/mol. The van der Waals surface area contributed by atoms with Crippen molar-refractivity contribution < 1.29 is 18.7 Å². The number of carbonyl (C=O) groups is 2. The van der Waals surface area contributed by atoms with Gasteiger partial charge in [-0.3, -0.25) is 9.59 Å². The maximum Gasteiger partial charge on any atom is 0.256 e. The molecule has 2 fully saturated rings. The van der Waals surface area contributed by atoms with Gasteiger partial charge in [0.15, 0.2) is 0 Å². The molecule has 1 spiro atoms. The molecule has 21 heavy (non-hydrogen) atoms. The number of ether oxygens (including phenoxy) is 1. The van der Waals surface area contributed by atoms with Gasteiger partial charge in [-0.1, -0.05) is 11.6 Å². The summed E-state index contributed by atoms with van der Waals surface area (Å²) in [7, 11) is 0. The monoisotopic (exact) mass is 312 g/mol. The number of halogens is 2. The molecule has 1 atom stereocenters. The summed E-state index contributed by atoms with van der Waals surface area (Å²) in [5.74, 6) is -1.18. The van der Waals surface area contributed by atoms with Crippen molar-refractivity contribution in [2.24, 2.45) is 0 Å². The fourth-order valence-corrected chi connectivity index (χ4v) is 2.85. The Morgan fingerprint density at radius 2 is 2.29 bits per heavy atom. The number of likely N-dealkylation sites (tertiary alicyclic amines) is 1. The van der Waals surface area contributed by atoms with E-state index in [9.17, 15) is 14.0 Å². The van der Waals surface area contributed by atoms with Gasteiger partial charge in [-0.05, 0) is 24.6 Å². The Morgan fingerprint density at radius 1 is 1.48 bits per heavy atom. The van der Waals surface area contributed by atoms with Gasteiger partial charge in [0.2, 0.25) is 5.91 Å². The summed E-state index contributed by atoms with van der Waals surface area (Å²) >= 11 is 5.69. The van der Waals surface area contributed by atoms with Gasteiger partial charge in [0, 0.05) is 18.1 Å². The van der Waals surface area contributed by atoms with E-state index in [2.05, 4.69) is 5.32 Å². The van der Waals surface area contributed by atoms with E-state index in [-0.39, 0.29) is 29.0 Å². The van der Waals surface area contributed by atoms with Crippen LogP contribution >= 0.6 is 11.6 Å². The summed E-state index contributed by atoms with van der Waals surface area (Å²) in [6, 6.07) is 3.99. The van der Waals surface area contributed by atoms with Crippen LogP contribution in [0.3, 0.4) is 0 Å². The van der Waals surface area contributed by atoms with Crippen LogP contribution in [0.15, 0.2) is 18.2 Å². The van der Waals surface area contributed by atoms with Crippen LogP contribution in [0.1, 0.15) is 16.8 Å². The molecule has 112 valence electrons. The molecule has 1 N–H and O–H groups in total. The van der Waals surface area contributed by atoms with Crippen LogP contribution in [0.25, 0.3) is 0 Å². The van der Waals surface area contributed by atoms with Gasteiger partial charge in [-0.25, -0.2) is 4.39 Å². The number of nitrogens with zero attached hydrogens (tertiary/aromatic N) is 1. The van der Waals surface area contributed by atoms with Crippen molar-refractivity contribution in [2.45, 2.75) is 12.0 Å². The van der Waals surface area contributed by atoms with Crippen molar-refractivity contribution in [3.63, 3.8) is 0 Å². The molecule has 2 saturated heterocycles. The zero-order valence-electron chi connectivity index (χ0n) is 11.2. The first-order valence-electron chi connectivity index (χ1n) is 6.64. The molecule has 2 aliphatic rings. The molecule has 7 heteroatoms. The molecule has 2 amide bonds. The van der Waals surface area contributed by atoms with E-state index in [1.165, 1.54) is 12.1 Å². The zero-order valence-corrected chi connectivity index (χ0v) is 12.0. The summed E-state index contributed by atoms with van der Waals surface area (Å²) in [4.78, 5) is 25.1. The first-order chi connectivity index (χ1) is 9.99. The molecule has 0 radical (unpaired) electrons. The lowest BCUT2D eigenvalue weighted by molar-refractivity contribution is -0.141. The van der Waals surface area contributed by atoms with Gasteiger partial charge >= 0.3 is 0 Å². The molecule has 1 aromatic rings. The van der Waals surface area contributed by atoms with E-state index in [0.29, 0.717) is 26.1 Å². The van der Waals surface area contributed by atoms with Crippen molar-refractivity contribution in [3.05, 3.63) is 34.6 Å². The normalized spacial score (nSPS) is 25.2. The third-order valence-corrected chi connectivity index (χ3v) is 4.12. The second-order valence-electron chi connectivity index (χ2n) is 5.35. The van der Waals surface area contributed by atoms with Crippen molar-refractivity contribution in [1.29, 1.82) is 0 Å². The minimum atomic E-state index is -0.633. The summed E-state index contributed by atoms with van der Waals surface area (Å²) < 4.78 is 19.4. The molecule has 2 heterocycles. The Balaban J connectivity index is 1.74. The second-order valence-corrected chi connectivity index (χ2v) is 5.79. The third kappa shape index (κ3) is 2.73. The highest BCUT2D eigenvalue weighted by atomic mass is 35.5. The van der Waals surface area contributed by atoms with Gasteiger partial charge in [0.1, 0.15) is 18.0 Å². The summed E-state index contributed by atoms with van der Waals surface area (Å²) in [5.41, 5.74) is -0.553. The highest BCUT2D eigenvalue weighted by Crippen LogP contribution is 2.28. The van der Waals surface area contributed by atoms with E-state index in [4.69, 9.17) is 16.3 Å². The fourth-order valence-electron chi connectivity index (χ4n) is 2.69. The van der Waals surface area contributed by atoms with Crippen LogP contribution in [-0.4, -0.2) is 48.6 Å². The van der Waals surface area contributed by atoms with Gasteiger partial charge in [-0.2, -0.15) is 0 Å². The Bertz CT molecular complexity index is 598. The molecule has 1 aromatic carbocycles. The lowest BCUT2D eigenvalue weighted by atomic mass is 10.0. The molecule has 0 saturated carbocycles. The first-order valence-corrected chi connectivity index (χ1v) is 7.02. The molecule has 0 bridgehead atoms. The predicted molar refractivity (Wildman–Crippen MR) is 73.6 cm³/mol. The minimum Gasteiger partial charge on any atom is -0.361 e. The molecule has 1 unspecified atom stereocenters. The maximum absolute atomic E-state index is 13.8. The van der Waals surface area contributed by atoms with Crippen LogP contribution in [-0.2, 0) is 9.53 Å². The second kappa shape index (κ2) is 5.27. The number of amides is 2. The van der Waals surface area contributed by atoms with Crippen molar-refractivity contribution in [2.75, 3.05) is 26.2 Å². The van der Waals surface area contributed by atoms with Crippen LogP contribution in [0.5, 0.6) is 0 Å². The molecule has 0 aliphatic carbocycles. The third-order valence-electron chi connectivity index (χ3n) is 3.88. The smallest absolute Gasteiger partial charge is 0.256 e. The van der Waals surface area contributed by atoms with Crippen LogP contribution in [0.4, 0.5) is 4.39 Å². The Morgan fingerprint density at radius 3 is 2.95 bits per heavy atom. The average Bonchev–Trinajstić information content (AvgIpc) is 2.86. The van der Waals surface area contributed by atoms with Gasteiger partial charge < -0.3 is 15.0 Å². The lowest BCUT2D eigenvalue weighted by Crippen LogP contribution is -2.54. The zero-order chi connectivity index (χ0) is 15.0. The SMILES string of the molecule is O=C1COC2(CCN(C(=O)c3ccc(Cl)cc3F)C2)CN1. The number of nitrogens with one attached hydrogen (secondary N) is 1. The highest BCUT2D eigenvalue weighted by Gasteiger charge is 2.44. The largest absolute Gasteiger partial charge is 0.361 e. The number of carbonyl (C=O) groups excluding carboxylic acids is 2. The van der Waals surface area contributed by atoms with Gasteiger partial charge in [0.05, 0.1) is 12.1 Å². The van der Waals surface area contributed by atoms with Gasteiger partial charge in [0.25, 0.3) is 5.91 Å². The van der Waals surface area contributed by atoms with Crippen LogP contribution < -0.4 is 5.32 Å². The number of hydrogen-bond acceptors (Lipinski definition) is 3. The molecule has 2 aliphatic heterocycles. The van der Waals surface area contributed by atoms with Crippen molar-refractivity contribution in [1.82, 2.24) is 10.2 Å². The minimum absolute atomic E-state index is 0.00264. The molecule has 5 nitrogen and oxygen atoms in total. The van der Waals surface area contributed by atoms with E-state index >= 15 is 0 Å². The molecule has 3 rings (SSSR count). The fraction of sp³-hybridized carbons (Fsp3) is 0.429. The van der Waals surface area contributed by atoms with E-state index in [1.807, 2.05) is 0 Å².